The van der Waals surface area contributed by atoms with Crippen molar-refractivity contribution in [2.75, 3.05) is 19.7 Å². The van der Waals surface area contributed by atoms with Crippen LogP contribution in [0.25, 0.3) is 33.4 Å². The number of hydrogen-bond acceptors (Lipinski definition) is 7. The molecule has 2 aromatic heterocycles. The fourth-order valence-electron chi connectivity index (χ4n) is 8.07. The van der Waals surface area contributed by atoms with E-state index < -0.39 is 19.3 Å². The fourth-order valence-corrected chi connectivity index (χ4v) is 8.82. The molecule has 4 aromatic rings. The van der Waals surface area contributed by atoms with E-state index in [1.165, 1.54) is 5.56 Å². The molecule has 3 aliphatic rings. The molecule has 12 heteroatoms. The number of fused-ring (bicyclic) bond motifs is 4. The summed E-state index contributed by atoms with van der Waals surface area (Å²) in [5, 5.41) is 0. The fraction of sp³-hybridized carbons (Fsp3) is 0.581. The molecule has 1 aliphatic carbocycles. The number of likely N-dealkylation sites (tertiary alicyclic amines) is 2. The van der Waals surface area contributed by atoms with Gasteiger partial charge in [-0.15, -0.1) is 0 Å². The summed E-state index contributed by atoms with van der Waals surface area (Å²) in [6.45, 7) is 20.9. The molecule has 0 radical (unpaired) electrons. The highest BCUT2D eigenvalue weighted by atomic mass is 28.3. The molecule has 2 aromatic carbocycles. The first kappa shape index (κ1) is 39.1. The summed E-state index contributed by atoms with van der Waals surface area (Å²) in [7, 11) is -1.28. The third-order valence-corrected chi connectivity index (χ3v) is 12.4. The van der Waals surface area contributed by atoms with E-state index in [0.717, 1.165) is 102 Å². The van der Waals surface area contributed by atoms with E-state index in [1.807, 2.05) is 51.3 Å². The Morgan fingerprint density at radius 3 is 2.13 bits per heavy atom. The second kappa shape index (κ2) is 15.1. The van der Waals surface area contributed by atoms with E-state index in [1.54, 1.807) is 0 Å². The maximum atomic E-state index is 13.4. The highest BCUT2D eigenvalue weighted by Crippen LogP contribution is 2.40. The Hall–Kier alpha value is -4.16. The Balaban J connectivity index is 1.20. The van der Waals surface area contributed by atoms with Crippen LogP contribution in [0.1, 0.15) is 109 Å². The zero-order valence-electron chi connectivity index (χ0n) is 34.4. The van der Waals surface area contributed by atoms with E-state index in [0.29, 0.717) is 26.4 Å². The van der Waals surface area contributed by atoms with Crippen molar-refractivity contribution in [1.29, 1.82) is 0 Å². The minimum Gasteiger partial charge on any atom is -0.444 e. The molecule has 0 spiro atoms. The van der Waals surface area contributed by atoms with Crippen LogP contribution in [0.3, 0.4) is 0 Å². The maximum Gasteiger partial charge on any atom is 0.410 e. The van der Waals surface area contributed by atoms with Gasteiger partial charge in [-0.3, -0.25) is 9.80 Å². The molecule has 2 aliphatic heterocycles. The Bertz CT molecular complexity index is 2050. The number of carbonyl (C=O) groups excluding carboxylic acids is 2. The SMILES string of the molecule is CC(C)(C)OC(=O)N1CCC[C@H]1c1nc2c([nH]1)CCCc1cc(-c3ccc4nc([C@@H]5CCCN5C(=O)OC(C)(C)C)n(COCC[Si](C)(C)C)c4c3)ccc1-2. The van der Waals surface area contributed by atoms with Crippen molar-refractivity contribution in [2.24, 2.45) is 0 Å². The van der Waals surface area contributed by atoms with Crippen LogP contribution in [0.4, 0.5) is 9.59 Å². The second-order valence-corrected chi connectivity index (χ2v) is 24.4. The van der Waals surface area contributed by atoms with Crippen LogP contribution in [-0.2, 0) is 33.8 Å². The van der Waals surface area contributed by atoms with Crippen molar-refractivity contribution < 1.29 is 23.8 Å². The number of rotatable bonds is 8. The molecule has 0 bridgehead atoms. The number of amides is 2. The Morgan fingerprint density at radius 1 is 0.818 bits per heavy atom. The largest absolute Gasteiger partial charge is 0.444 e. The van der Waals surface area contributed by atoms with Gasteiger partial charge in [-0.25, -0.2) is 19.6 Å². The minimum absolute atomic E-state index is 0.120. The van der Waals surface area contributed by atoms with Crippen molar-refractivity contribution in [1.82, 2.24) is 29.3 Å². The van der Waals surface area contributed by atoms with Gasteiger partial charge in [0.15, 0.2) is 0 Å². The van der Waals surface area contributed by atoms with Crippen LogP contribution >= 0.6 is 0 Å². The predicted molar refractivity (Wildman–Crippen MR) is 219 cm³/mol. The van der Waals surface area contributed by atoms with E-state index in [9.17, 15) is 9.59 Å². The van der Waals surface area contributed by atoms with Crippen molar-refractivity contribution >= 4 is 31.3 Å². The first-order valence-electron chi connectivity index (χ1n) is 20.2. The van der Waals surface area contributed by atoms with Crippen molar-refractivity contribution in [3.8, 4) is 22.4 Å². The number of imidazole rings is 2. The highest BCUT2D eigenvalue weighted by molar-refractivity contribution is 6.76. The summed E-state index contributed by atoms with van der Waals surface area (Å²) in [6.07, 6.45) is 5.79. The highest BCUT2D eigenvalue weighted by Gasteiger charge is 2.38. The lowest BCUT2D eigenvalue weighted by Crippen LogP contribution is -2.37. The molecule has 55 heavy (non-hydrogen) atoms. The number of nitrogens with one attached hydrogen (secondary N) is 1. The number of H-pyrrole nitrogens is 1. The summed E-state index contributed by atoms with van der Waals surface area (Å²) >= 11 is 0. The number of aromatic nitrogens is 4. The van der Waals surface area contributed by atoms with Gasteiger partial charge in [-0.05, 0) is 121 Å². The van der Waals surface area contributed by atoms with Crippen molar-refractivity contribution in [2.45, 2.75) is 142 Å². The molecule has 2 saturated heterocycles. The molecular formula is C43H60N6O5Si. The topological polar surface area (TPSA) is 115 Å². The zero-order valence-corrected chi connectivity index (χ0v) is 35.4. The lowest BCUT2D eigenvalue weighted by molar-refractivity contribution is 0.0200. The molecule has 1 N–H and O–H groups in total. The second-order valence-electron chi connectivity index (χ2n) is 18.8. The van der Waals surface area contributed by atoms with Crippen LogP contribution in [0.15, 0.2) is 36.4 Å². The van der Waals surface area contributed by atoms with Gasteiger partial charge in [0.25, 0.3) is 0 Å². The first-order chi connectivity index (χ1) is 25.9. The van der Waals surface area contributed by atoms with E-state index >= 15 is 0 Å². The smallest absolute Gasteiger partial charge is 0.410 e. The first-order valence-corrected chi connectivity index (χ1v) is 23.9. The Labute approximate surface area is 327 Å². The quantitative estimate of drug-likeness (QED) is 0.140. The molecule has 4 heterocycles. The van der Waals surface area contributed by atoms with Gasteiger partial charge in [0, 0.05) is 39.0 Å². The molecule has 0 saturated carbocycles. The number of benzene rings is 2. The van der Waals surface area contributed by atoms with Gasteiger partial charge >= 0.3 is 12.2 Å². The Morgan fingerprint density at radius 2 is 1.45 bits per heavy atom. The summed E-state index contributed by atoms with van der Waals surface area (Å²) in [5.74, 6) is 1.69. The molecule has 2 amide bonds. The molecule has 2 fully saturated rings. The molecule has 2 atom stereocenters. The maximum absolute atomic E-state index is 13.4. The third kappa shape index (κ3) is 8.80. The Kier molecular flexibility index (Phi) is 10.7. The summed E-state index contributed by atoms with van der Waals surface area (Å²) in [4.78, 5) is 44.1. The van der Waals surface area contributed by atoms with Crippen LogP contribution in [0.5, 0.6) is 0 Å². The van der Waals surface area contributed by atoms with Crippen LogP contribution in [0, 0.1) is 0 Å². The number of ether oxygens (including phenoxy) is 3. The van der Waals surface area contributed by atoms with Gasteiger partial charge in [-0.2, -0.15) is 0 Å². The van der Waals surface area contributed by atoms with Crippen LogP contribution in [-0.4, -0.2) is 80.5 Å². The standard InChI is InChI=1S/C43H60N6O5Si/c1-42(2,3)53-40(50)47-21-11-15-34(47)38-44-33-14-10-13-30-25-28(17-19-31(30)37(33)46-38)29-18-20-32-36(26-29)49(27-52-23-24-55(7,8)9)39(45-32)35-16-12-22-48(35)41(51)54-43(4,5)6/h17-20,25-26,34-35H,10-16,21-24,27H2,1-9H3,(H,44,46)/t34-,35-/m0/s1. The minimum atomic E-state index is -1.28. The van der Waals surface area contributed by atoms with Crippen molar-refractivity contribution in [3.63, 3.8) is 0 Å². The van der Waals surface area contributed by atoms with Gasteiger partial charge in [0.2, 0.25) is 0 Å². The normalized spacial score (nSPS) is 19.1. The number of nitrogens with zero attached hydrogens (tertiary/aromatic N) is 5. The van der Waals surface area contributed by atoms with Crippen LogP contribution in [0.2, 0.25) is 25.7 Å². The molecule has 0 unspecified atom stereocenters. The number of aryl methyl sites for hydroxylation is 2. The number of hydrogen-bond donors (Lipinski definition) is 1. The molecule has 296 valence electrons. The monoisotopic (exact) mass is 768 g/mol. The van der Waals surface area contributed by atoms with Crippen LogP contribution < -0.4 is 0 Å². The van der Waals surface area contributed by atoms with Gasteiger partial charge in [0.1, 0.15) is 29.6 Å². The molecular weight excluding hydrogens is 709 g/mol. The number of aromatic amines is 1. The van der Waals surface area contributed by atoms with E-state index in [-0.39, 0.29) is 24.3 Å². The van der Waals surface area contributed by atoms with Gasteiger partial charge in [0.05, 0.1) is 28.8 Å². The van der Waals surface area contributed by atoms with Gasteiger partial charge in [-0.1, -0.05) is 43.9 Å². The number of carbonyl (C=O) groups is 2. The van der Waals surface area contributed by atoms with Crippen molar-refractivity contribution in [3.05, 3.63) is 59.3 Å². The summed E-state index contributed by atoms with van der Waals surface area (Å²) < 4.78 is 20.1. The average molecular weight is 769 g/mol. The van der Waals surface area contributed by atoms with Gasteiger partial charge < -0.3 is 23.8 Å². The molecule has 11 nitrogen and oxygen atoms in total. The third-order valence-electron chi connectivity index (χ3n) is 10.7. The predicted octanol–water partition coefficient (Wildman–Crippen LogP) is 10.0. The zero-order chi connectivity index (χ0) is 39.3. The summed E-state index contributed by atoms with van der Waals surface area (Å²) in [6, 6.07) is 14.0. The molecule has 7 rings (SSSR count). The average Bonchev–Trinajstić information content (AvgIpc) is 3.89. The summed E-state index contributed by atoms with van der Waals surface area (Å²) in [5.41, 5.74) is 7.54. The van der Waals surface area contributed by atoms with E-state index in [2.05, 4.69) is 65.6 Å². The van der Waals surface area contributed by atoms with E-state index in [4.69, 9.17) is 24.2 Å². The lowest BCUT2D eigenvalue weighted by atomic mass is 9.96. The lowest BCUT2D eigenvalue weighted by Gasteiger charge is -2.28.